The van der Waals surface area contributed by atoms with Gasteiger partial charge in [0.1, 0.15) is 9.98 Å². The van der Waals surface area contributed by atoms with Crippen LogP contribution in [0.1, 0.15) is 4.88 Å². The first-order valence-corrected chi connectivity index (χ1v) is 7.05. The summed E-state index contributed by atoms with van der Waals surface area (Å²) in [6, 6.07) is 6.45. The topological polar surface area (TPSA) is 35.0 Å². The van der Waals surface area contributed by atoms with Gasteiger partial charge in [0.2, 0.25) is 0 Å². The summed E-state index contributed by atoms with van der Waals surface area (Å²) in [6.07, 6.45) is 0. The molecule has 0 fully saturated rings. The van der Waals surface area contributed by atoms with Crippen LogP contribution < -0.4 is 4.74 Å². The summed E-state index contributed by atoms with van der Waals surface area (Å²) in [5, 5.41) is 1.24. The summed E-state index contributed by atoms with van der Waals surface area (Å²) in [5.41, 5.74) is 0.665. The van der Waals surface area contributed by atoms with E-state index in [-0.39, 0.29) is 5.75 Å². The van der Waals surface area contributed by atoms with Crippen LogP contribution in [0, 0.1) is 12.7 Å². The van der Waals surface area contributed by atoms with Crippen molar-refractivity contribution in [3.05, 3.63) is 40.1 Å². The number of rotatable bonds is 2. The predicted molar refractivity (Wildman–Crippen MR) is 79.1 cm³/mol. The van der Waals surface area contributed by atoms with Gasteiger partial charge in [-0.3, -0.25) is 0 Å². The molecule has 0 aliphatic rings. The molecular weight excluding hydrogens is 299 g/mol. The maximum atomic E-state index is 13.4. The van der Waals surface area contributed by atoms with Gasteiger partial charge in [-0.2, -0.15) is 0 Å². The minimum Gasteiger partial charge on any atom is -0.494 e. The Bertz CT molecular complexity index is 803. The average Bonchev–Trinajstić information content (AvgIpc) is 2.80. The number of thiophene rings is 1. The van der Waals surface area contributed by atoms with Crippen molar-refractivity contribution < 1.29 is 9.13 Å². The maximum Gasteiger partial charge on any atom is 0.165 e. The van der Waals surface area contributed by atoms with Gasteiger partial charge >= 0.3 is 0 Å². The lowest BCUT2D eigenvalue weighted by atomic mass is 10.2. The molecule has 0 bridgehead atoms. The number of benzene rings is 1. The zero-order valence-electron chi connectivity index (χ0n) is 10.8. The lowest BCUT2D eigenvalue weighted by molar-refractivity contribution is 0.387. The van der Waals surface area contributed by atoms with Crippen LogP contribution in [-0.2, 0) is 0 Å². The molecule has 0 radical (unpaired) electrons. The molecule has 1 aromatic carbocycles. The van der Waals surface area contributed by atoms with E-state index in [2.05, 4.69) is 9.97 Å². The monoisotopic (exact) mass is 308 g/mol. The molecule has 102 valence electrons. The Morgan fingerprint density at radius 2 is 2.05 bits per heavy atom. The first-order chi connectivity index (χ1) is 9.58. The van der Waals surface area contributed by atoms with Gasteiger partial charge in [-0.1, -0.05) is 11.6 Å². The molecule has 0 unspecified atom stereocenters. The van der Waals surface area contributed by atoms with Gasteiger partial charge in [0.05, 0.1) is 7.11 Å². The predicted octanol–water partition coefficient (Wildman–Crippen LogP) is 4.47. The first kappa shape index (κ1) is 13.3. The number of fused-ring (bicyclic) bond motifs is 1. The number of halogens is 2. The number of hydrogen-bond donors (Lipinski definition) is 0. The van der Waals surface area contributed by atoms with Gasteiger partial charge in [-0.25, -0.2) is 14.4 Å². The van der Waals surface area contributed by atoms with Crippen LogP contribution in [0.2, 0.25) is 5.15 Å². The van der Waals surface area contributed by atoms with Crippen LogP contribution in [0.3, 0.4) is 0 Å². The Kier molecular flexibility index (Phi) is 3.31. The van der Waals surface area contributed by atoms with Crippen molar-refractivity contribution in [2.24, 2.45) is 0 Å². The highest BCUT2D eigenvalue weighted by Gasteiger charge is 2.12. The molecule has 0 amide bonds. The van der Waals surface area contributed by atoms with E-state index >= 15 is 0 Å². The van der Waals surface area contributed by atoms with Crippen LogP contribution in [0.15, 0.2) is 24.3 Å². The lowest BCUT2D eigenvalue weighted by Gasteiger charge is -2.05. The Labute approximate surface area is 124 Å². The third-order valence-electron chi connectivity index (χ3n) is 2.88. The van der Waals surface area contributed by atoms with Crippen LogP contribution in [0.25, 0.3) is 21.6 Å². The number of aryl methyl sites for hydroxylation is 1. The standard InChI is InChI=1S/C14H10ClFN2OS/c1-7-5-9-12(15)17-13(18-14(9)20-7)8-3-4-10(16)11(6-8)19-2/h3-6H,1-2H3. The summed E-state index contributed by atoms with van der Waals surface area (Å²) in [4.78, 5) is 10.7. The van der Waals surface area contributed by atoms with Crippen molar-refractivity contribution in [3.63, 3.8) is 0 Å². The van der Waals surface area contributed by atoms with E-state index in [1.165, 1.54) is 13.2 Å². The molecule has 0 N–H and O–H groups in total. The fourth-order valence-corrected chi connectivity index (χ4v) is 3.09. The molecule has 0 saturated heterocycles. The summed E-state index contributed by atoms with van der Waals surface area (Å²) in [7, 11) is 1.42. The number of hydrogen-bond acceptors (Lipinski definition) is 4. The van der Waals surface area contributed by atoms with Crippen molar-refractivity contribution in [1.29, 1.82) is 0 Å². The molecule has 20 heavy (non-hydrogen) atoms. The second-order valence-electron chi connectivity index (χ2n) is 4.26. The molecule has 0 saturated carbocycles. The normalized spacial score (nSPS) is 11.0. The number of ether oxygens (including phenoxy) is 1. The van der Waals surface area contributed by atoms with Crippen molar-refractivity contribution in [2.75, 3.05) is 7.11 Å². The molecule has 2 heterocycles. The third-order valence-corrected chi connectivity index (χ3v) is 4.11. The fraction of sp³-hybridized carbons (Fsp3) is 0.143. The lowest BCUT2D eigenvalue weighted by Crippen LogP contribution is -1.93. The Hall–Kier alpha value is -1.72. The number of nitrogens with zero attached hydrogens (tertiary/aromatic N) is 2. The van der Waals surface area contributed by atoms with Gasteiger partial charge < -0.3 is 4.74 Å². The first-order valence-electron chi connectivity index (χ1n) is 5.86. The van der Waals surface area contributed by atoms with E-state index in [1.54, 1.807) is 23.5 Å². The highest BCUT2D eigenvalue weighted by molar-refractivity contribution is 7.18. The van der Waals surface area contributed by atoms with Crippen LogP contribution in [0.4, 0.5) is 4.39 Å². The van der Waals surface area contributed by atoms with Crippen molar-refractivity contribution in [1.82, 2.24) is 9.97 Å². The van der Waals surface area contributed by atoms with E-state index in [4.69, 9.17) is 16.3 Å². The maximum absolute atomic E-state index is 13.4. The molecule has 0 spiro atoms. The summed E-state index contributed by atoms with van der Waals surface area (Å²) in [6.45, 7) is 1.99. The van der Waals surface area contributed by atoms with Crippen molar-refractivity contribution in [2.45, 2.75) is 6.92 Å². The smallest absolute Gasteiger partial charge is 0.165 e. The molecule has 3 rings (SSSR count). The molecule has 0 aliphatic carbocycles. The third kappa shape index (κ3) is 2.23. The zero-order chi connectivity index (χ0) is 14.3. The van der Waals surface area contributed by atoms with Crippen LogP contribution in [-0.4, -0.2) is 17.1 Å². The summed E-state index contributed by atoms with van der Waals surface area (Å²) in [5.74, 6) is 0.197. The van der Waals surface area contributed by atoms with Gasteiger partial charge in [0.15, 0.2) is 17.4 Å². The van der Waals surface area contributed by atoms with E-state index in [9.17, 15) is 4.39 Å². The second kappa shape index (κ2) is 5.00. The van der Waals surface area contributed by atoms with E-state index < -0.39 is 5.82 Å². The highest BCUT2D eigenvalue weighted by Crippen LogP contribution is 2.31. The van der Waals surface area contributed by atoms with Crippen LogP contribution >= 0.6 is 22.9 Å². The quantitative estimate of drug-likeness (QED) is 0.655. The van der Waals surface area contributed by atoms with E-state index in [0.29, 0.717) is 16.5 Å². The number of aromatic nitrogens is 2. The highest BCUT2D eigenvalue weighted by atomic mass is 35.5. The summed E-state index contributed by atoms with van der Waals surface area (Å²) < 4.78 is 18.4. The molecular formula is C14H10ClFN2OS. The Morgan fingerprint density at radius 3 is 2.80 bits per heavy atom. The number of methoxy groups -OCH3 is 1. The second-order valence-corrected chi connectivity index (χ2v) is 5.86. The SMILES string of the molecule is COc1cc(-c2nc(Cl)c3cc(C)sc3n2)ccc1F. The molecule has 0 aliphatic heterocycles. The molecule has 0 atom stereocenters. The van der Waals surface area contributed by atoms with Crippen LogP contribution in [0.5, 0.6) is 5.75 Å². The Morgan fingerprint density at radius 1 is 1.25 bits per heavy atom. The molecule has 6 heteroatoms. The minimum atomic E-state index is -0.421. The fourth-order valence-electron chi connectivity index (χ4n) is 1.94. The van der Waals surface area contributed by atoms with Gasteiger partial charge in [-0.15, -0.1) is 11.3 Å². The molecule has 2 aromatic heterocycles. The van der Waals surface area contributed by atoms with Gasteiger partial charge in [0.25, 0.3) is 0 Å². The summed E-state index contributed by atoms with van der Waals surface area (Å²) >= 11 is 7.73. The van der Waals surface area contributed by atoms with E-state index in [0.717, 1.165) is 15.1 Å². The van der Waals surface area contributed by atoms with E-state index in [1.807, 2.05) is 13.0 Å². The molecule has 3 nitrogen and oxygen atoms in total. The largest absolute Gasteiger partial charge is 0.494 e. The van der Waals surface area contributed by atoms with Gasteiger partial charge in [0, 0.05) is 15.8 Å². The Balaban J connectivity index is 2.18. The average molecular weight is 309 g/mol. The molecule has 3 aromatic rings. The van der Waals surface area contributed by atoms with Crippen molar-refractivity contribution >= 4 is 33.2 Å². The van der Waals surface area contributed by atoms with Crippen molar-refractivity contribution in [3.8, 4) is 17.1 Å². The van der Waals surface area contributed by atoms with Gasteiger partial charge in [-0.05, 0) is 31.2 Å². The minimum absolute atomic E-state index is 0.157. The zero-order valence-corrected chi connectivity index (χ0v) is 12.3.